The summed E-state index contributed by atoms with van der Waals surface area (Å²) in [6.45, 7) is 1.11. The molecule has 0 radical (unpaired) electrons. The Morgan fingerprint density at radius 1 is 1.59 bits per heavy atom. The van der Waals surface area contributed by atoms with E-state index in [1.165, 1.54) is 5.56 Å². The third-order valence-corrected chi connectivity index (χ3v) is 3.60. The number of nitrogens with two attached hydrogens (primary N) is 1. The summed E-state index contributed by atoms with van der Waals surface area (Å²) in [5.41, 5.74) is 6.16. The third-order valence-electron chi connectivity index (χ3n) is 2.90. The first-order valence-electron chi connectivity index (χ1n) is 5.52. The molecule has 1 aromatic rings. The van der Waals surface area contributed by atoms with Crippen LogP contribution in [0.3, 0.4) is 0 Å². The van der Waals surface area contributed by atoms with Crippen molar-refractivity contribution in [2.75, 3.05) is 13.1 Å². The summed E-state index contributed by atoms with van der Waals surface area (Å²) < 4.78 is 0. The Balaban J connectivity index is 1.96. The maximum Gasteiger partial charge on any atom is 0.318 e. The molecule has 6 heteroatoms. The van der Waals surface area contributed by atoms with E-state index in [1.807, 2.05) is 5.38 Å². The number of thiophene rings is 1. The molecule has 17 heavy (non-hydrogen) atoms. The molecule has 0 saturated carbocycles. The lowest BCUT2D eigenvalue weighted by molar-refractivity contribution is -0.121. The molecular formula is C11H15N3O2S. The maximum atomic E-state index is 11.5. The van der Waals surface area contributed by atoms with E-state index < -0.39 is 6.03 Å². The average molecular weight is 253 g/mol. The van der Waals surface area contributed by atoms with Crippen LogP contribution in [-0.4, -0.2) is 29.9 Å². The maximum absolute atomic E-state index is 11.5. The predicted octanol–water partition coefficient (Wildman–Crippen LogP) is 1.08. The quantitative estimate of drug-likeness (QED) is 0.846. The van der Waals surface area contributed by atoms with Crippen LogP contribution in [0.4, 0.5) is 4.79 Å². The summed E-state index contributed by atoms with van der Waals surface area (Å²) in [5, 5.41) is 6.24. The van der Waals surface area contributed by atoms with E-state index >= 15 is 0 Å². The van der Waals surface area contributed by atoms with Crippen molar-refractivity contribution in [1.82, 2.24) is 10.2 Å². The Hall–Kier alpha value is -1.40. The van der Waals surface area contributed by atoms with E-state index in [9.17, 15) is 9.59 Å². The number of hydrogen-bond acceptors (Lipinski definition) is 4. The van der Waals surface area contributed by atoms with Gasteiger partial charge in [-0.2, -0.15) is 11.3 Å². The number of urea groups is 1. The molecule has 1 atom stereocenters. The Morgan fingerprint density at radius 2 is 2.41 bits per heavy atom. The standard InChI is InChI=1S/C11H15N3O2S/c12-11(16)13-10(15)6-14-4-1-2-9(14)8-3-5-17-7-8/h3,5,7,9H,1-2,4,6H2,(H3,12,13,15,16)/t9-/m0/s1. The highest BCUT2D eigenvalue weighted by Gasteiger charge is 2.27. The number of nitrogens with zero attached hydrogens (tertiary/aromatic N) is 1. The normalized spacial score (nSPS) is 20.4. The Kier molecular flexibility index (Phi) is 3.75. The van der Waals surface area contributed by atoms with Crippen molar-refractivity contribution in [3.63, 3.8) is 0 Å². The van der Waals surface area contributed by atoms with Gasteiger partial charge in [0, 0.05) is 6.04 Å². The fourth-order valence-electron chi connectivity index (χ4n) is 2.22. The molecule has 1 saturated heterocycles. The molecule has 1 aliphatic rings. The van der Waals surface area contributed by atoms with E-state index in [0.29, 0.717) is 6.04 Å². The Bertz CT molecular complexity index is 405. The van der Waals surface area contributed by atoms with E-state index in [-0.39, 0.29) is 12.5 Å². The third kappa shape index (κ3) is 3.04. The van der Waals surface area contributed by atoms with Gasteiger partial charge in [0.2, 0.25) is 5.91 Å². The highest BCUT2D eigenvalue weighted by molar-refractivity contribution is 7.07. The molecule has 0 aliphatic carbocycles. The number of rotatable bonds is 3. The van der Waals surface area contributed by atoms with Gasteiger partial charge < -0.3 is 5.73 Å². The minimum atomic E-state index is -0.790. The van der Waals surface area contributed by atoms with Crippen LogP contribution in [0.1, 0.15) is 24.4 Å². The molecule has 5 nitrogen and oxygen atoms in total. The number of likely N-dealkylation sites (tertiary alicyclic amines) is 1. The molecule has 3 N–H and O–H groups in total. The van der Waals surface area contributed by atoms with Crippen LogP contribution in [0.15, 0.2) is 16.8 Å². The van der Waals surface area contributed by atoms with Crippen LogP contribution in [0.2, 0.25) is 0 Å². The zero-order chi connectivity index (χ0) is 12.3. The lowest BCUT2D eigenvalue weighted by atomic mass is 10.1. The lowest BCUT2D eigenvalue weighted by Gasteiger charge is -2.22. The second-order valence-electron chi connectivity index (χ2n) is 4.10. The van der Waals surface area contributed by atoms with Crippen molar-refractivity contribution >= 4 is 23.3 Å². The molecule has 92 valence electrons. The molecule has 1 aliphatic heterocycles. The summed E-state index contributed by atoms with van der Waals surface area (Å²) in [7, 11) is 0. The van der Waals surface area contributed by atoms with Crippen molar-refractivity contribution in [3.05, 3.63) is 22.4 Å². The van der Waals surface area contributed by atoms with E-state index in [1.54, 1.807) is 11.3 Å². The van der Waals surface area contributed by atoms with Gasteiger partial charge in [-0.1, -0.05) is 0 Å². The monoisotopic (exact) mass is 253 g/mol. The van der Waals surface area contributed by atoms with Gasteiger partial charge >= 0.3 is 6.03 Å². The average Bonchev–Trinajstić information content (AvgIpc) is 2.84. The van der Waals surface area contributed by atoms with Crippen LogP contribution in [0, 0.1) is 0 Å². The minimum Gasteiger partial charge on any atom is -0.351 e. The zero-order valence-electron chi connectivity index (χ0n) is 9.39. The largest absolute Gasteiger partial charge is 0.351 e. The number of hydrogen-bond donors (Lipinski definition) is 2. The molecule has 0 unspecified atom stereocenters. The molecule has 3 amide bonds. The van der Waals surface area contributed by atoms with Crippen molar-refractivity contribution < 1.29 is 9.59 Å². The van der Waals surface area contributed by atoms with Gasteiger partial charge in [0.1, 0.15) is 0 Å². The number of nitrogens with one attached hydrogen (secondary N) is 1. The van der Waals surface area contributed by atoms with Crippen molar-refractivity contribution in [2.45, 2.75) is 18.9 Å². The molecule has 0 spiro atoms. The van der Waals surface area contributed by atoms with Gasteiger partial charge in [-0.25, -0.2) is 4.79 Å². The topological polar surface area (TPSA) is 75.4 Å². The van der Waals surface area contributed by atoms with Gasteiger partial charge in [-0.15, -0.1) is 0 Å². The second kappa shape index (κ2) is 5.29. The van der Waals surface area contributed by atoms with Crippen molar-refractivity contribution in [1.29, 1.82) is 0 Å². The van der Waals surface area contributed by atoms with Gasteiger partial charge in [-0.3, -0.25) is 15.0 Å². The summed E-state index contributed by atoms with van der Waals surface area (Å²) in [4.78, 5) is 24.1. The number of primary amides is 1. The number of carbonyl (C=O) groups excluding carboxylic acids is 2. The van der Waals surface area contributed by atoms with E-state index in [0.717, 1.165) is 19.4 Å². The van der Waals surface area contributed by atoms with Crippen LogP contribution in [0.25, 0.3) is 0 Å². The highest BCUT2D eigenvalue weighted by Crippen LogP contribution is 2.32. The van der Waals surface area contributed by atoms with Crippen LogP contribution in [0.5, 0.6) is 0 Å². The predicted molar refractivity (Wildman–Crippen MR) is 65.6 cm³/mol. The SMILES string of the molecule is NC(=O)NC(=O)CN1CCC[C@H]1c1ccsc1. The number of amides is 3. The molecule has 0 bridgehead atoms. The number of imide groups is 1. The van der Waals surface area contributed by atoms with Crippen molar-refractivity contribution in [3.8, 4) is 0 Å². The van der Waals surface area contributed by atoms with E-state index in [4.69, 9.17) is 5.73 Å². The fourth-order valence-corrected chi connectivity index (χ4v) is 2.93. The first-order chi connectivity index (χ1) is 8.16. The molecule has 1 fully saturated rings. The molecule has 2 rings (SSSR count). The Morgan fingerprint density at radius 3 is 3.06 bits per heavy atom. The van der Waals surface area contributed by atoms with Gasteiger partial charge in [0.05, 0.1) is 6.54 Å². The van der Waals surface area contributed by atoms with Gasteiger partial charge in [-0.05, 0) is 41.8 Å². The first-order valence-corrected chi connectivity index (χ1v) is 6.46. The molecule has 1 aromatic heterocycles. The summed E-state index contributed by atoms with van der Waals surface area (Å²) in [6, 6.07) is 1.58. The van der Waals surface area contributed by atoms with Gasteiger partial charge in [0.25, 0.3) is 0 Å². The molecular weight excluding hydrogens is 238 g/mol. The van der Waals surface area contributed by atoms with Gasteiger partial charge in [0.15, 0.2) is 0 Å². The first kappa shape index (κ1) is 12.1. The van der Waals surface area contributed by atoms with Crippen LogP contribution >= 0.6 is 11.3 Å². The smallest absolute Gasteiger partial charge is 0.318 e. The summed E-state index contributed by atoms with van der Waals surface area (Å²) >= 11 is 1.66. The van der Waals surface area contributed by atoms with E-state index in [2.05, 4.69) is 21.7 Å². The minimum absolute atomic E-state index is 0.226. The molecule has 2 heterocycles. The fraction of sp³-hybridized carbons (Fsp3) is 0.455. The van der Waals surface area contributed by atoms with Crippen LogP contribution in [-0.2, 0) is 4.79 Å². The Labute approximate surface area is 104 Å². The summed E-state index contributed by atoms with van der Waals surface area (Å²) in [6.07, 6.45) is 2.13. The summed E-state index contributed by atoms with van der Waals surface area (Å²) in [5.74, 6) is -0.334. The zero-order valence-corrected chi connectivity index (χ0v) is 10.2. The number of carbonyl (C=O) groups is 2. The lowest BCUT2D eigenvalue weighted by Crippen LogP contribution is -2.42. The second-order valence-corrected chi connectivity index (χ2v) is 4.88. The molecule has 0 aromatic carbocycles. The highest BCUT2D eigenvalue weighted by atomic mass is 32.1. The van der Waals surface area contributed by atoms with Crippen LogP contribution < -0.4 is 11.1 Å². The van der Waals surface area contributed by atoms with Crippen molar-refractivity contribution in [2.24, 2.45) is 5.73 Å².